The third-order valence-electron chi connectivity index (χ3n) is 2.91. The third-order valence-corrected chi connectivity index (χ3v) is 3.81. The summed E-state index contributed by atoms with van der Waals surface area (Å²) in [7, 11) is 0. The van der Waals surface area contributed by atoms with Crippen molar-refractivity contribution in [3.63, 3.8) is 0 Å². The molecule has 0 atom stereocenters. The Kier molecular flexibility index (Phi) is 7.47. The van der Waals surface area contributed by atoms with Crippen LogP contribution in [-0.4, -0.2) is 29.0 Å². The predicted octanol–water partition coefficient (Wildman–Crippen LogP) is 3.26. The van der Waals surface area contributed by atoms with Crippen LogP contribution in [-0.2, 0) is 13.1 Å². The third kappa shape index (κ3) is 5.46. The summed E-state index contributed by atoms with van der Waals surface area (Å²) in [5.41, 5.74) is 1.22. The average Bonchev–Trinajstić information content (AvgIpc) is 2.76. The molecule has 104 valence electrons. The molecule has 0 aromatic carbocycles. The minimum atomic E-state index is 0.591. The monoisotopic (exact) mass is 269 g/mol. The first kappa shape index (κ1) is 15.6. The molecule has 1 aromatic rings. The highest BCUT2D eigenvalue weighted by atomic mass is 32.1. The average molecular weight is 269 g/mol. The van der Waals surface area contributed by atoms with E-state index in [-0.39, 0.29) is 0 Å². The van der Waals surface area contributed by atoms with E-state index in [9.17, 15) is 0 Å². The van der Waals surface area contributed by atoms with Crippen molar-refractivity contribution in [1.29, 1.82) is 0 Å². The molecule has 1 rings (SSSR count). The molecule has 4 heteroatoms. The summed E-state index contributed by atoms with van der Waals surface area (Å²) in [6.07, 6.45) is 2.38. The number of hydrogen-bond donors (Lipinski definition) is 1. The van der Waals surface area contributed by atoms with Crippen molar-refractivity contribution in [2.45, 2.75) is 59.7 Å². The maximum atomic E-state index is 4.70. The molecular formula is C14H27N3S. The lowest BCUT2D eigenvalue weighted by atomic mass is 10.2. The SMILES string of the molecule is CCCNCc1nc(CN(CCC)C(C)C)cs1. The first-order chi connectivity index (χ1) is 8.67. The zero-order valence-corrected chi connectivity index (χ0v) is 13.0. The number of hydrogen-bond acceptors (Lipinski definition) is 4. The van der Waals surface area contributed by atoms with Gasteiger partial charge in [-0.1, -0.05) is 13.8 Å². The Hall–Kier alpha value is -0.450. The fraction of sp³-hybridized carbons (Fsp3) is 0.786. The Morgan fingerprint density at radius 1 is 1.33 bits per heavy atom. The van der Waals surface area contributed by atoms with Gasteiger partial charge >= 0.3 is 0 Å². The van der Waals surface area contributed by atoms with Crippen molar-refractivity contribution in [2.24, 2.45) is 0 Å². The van der Waals surface area contributed by atoms with Crippen LogP contribution in [0.3, 0.4) is 0 Å². The zero-order valence-electron chi connectivity index (χ0n) is 12.2. The molecule has 3 nitrogen and oxygen atoms in total. The Morgan fingerprint density at radius 3 is 2.72 bits per heavy atom. The van der Waals surface area contributed by atoms with Gasteiger partial charge in [-0.15, -0.1) is 11.3 Å². The molecule has 0 unspecified atom stereocenters. The van der Waals surface area contributed by atoms with Crippen LogP contribution in [0.15, 0.2) is 5.38 Å². The molecule has 1 N–H and O–H groups in total. The first-order valence-corrected chi connectivity index (χ1v) is 7.93. The quantitative estimate of drug-likeness (QED) is 0.697. The second-order valence-electron chi connectivity index (χ2n) is 4.97. The van der Waals surface area contributed by atoms with Crippen molar-refractivity contribution in [3.8, 4) is 0 Å². The van der Waals surface area contributed by atoms with E-state index >= 15 is 0 Å². The van der Waals surface area contributed by atoms with Crippen molar-refractivity contribution in [3.05, 3.63) is 16.1 Å². The van der Waals surface area contributed by atoms with Gasteiger partial charge < -0.3 is 5.32 Å². The molecule has 0 fully saturated rings. The van der Waals surface area contributed by atoms with Gasteiger partial charge in [0.25, 0.3) is 0 Å². The maximum absolute atomic E-state index is 4.70. The summed E-state index contributed by atoms with van der Waals surface area (Å²) in [4.78, 5) is 7.19. The van der Waals surface area contributed by atoms with Crippen LogP contribution in [0.25, 0.3) is 0 Å². The highest BCUT2D eigenvalue weighted by Gasteiger charge is 2.11. The Balaban J connectivity index is 2.46. The molecular weight excluding hydrogens is 242 g/mol. The standard InChI is InChI=1S/C14H27N3S/c1-5-7-15-9-14-16-13(11-18-14)10-17(8-6-2)12(3)4/h11-12,15H,5-10H2,1-4H3. The lowest BCUT2D eigenvalue weighted by Crippen LogP contribution is -2.31. The molecule has 0 aliphatic rings. The van der Waals surface area contributed by atoms with Crippen LogP contribution in [0.4, 0.5) is 0 Å². The van der Waals surface area contributed by atoms with Gasteiger partial charge in [-0.25, -0.2) is 4.98 Å². The van der Waals surface area contributed by atoms with Gasteiger partial charge in [-0.05, 0) is 39.8 Å². The lowest BCUT2D eigenvalue weighted by molar-refractivity contribution is 0.211. The second-order valence-corrected chi connectivity index (χ2v) is 5.92. The topological polar surface area (TPSA) is 28.2 Å². The second kappa shape index (κ2) is 8.62. The van der Waals surface area contributed by atoms with Crippen molar-refractivity contribution >= 4 is 11.3 Å². The fourth-order valence-corrected chi connectivity index (χ4v) is 2.64. The summed E-state index contributed by atoms with van der Waals surface area (Å²) < 4.78 is 0. The number of thiazole rings is 1. The van der Waals surface area contributed by atoms with Crippen molar-refractivity contribution in [1.82, 2.24) is 15.2 Å². The van der Waals surface area contributed by atoms with Crippen LogP contribution < -0.4 is 5.32 Å². The molecule has 0 amide bonds. The maximum Gasteiger partial charge on any atom is 0.107 e. The van der Waals surface area contributed by atoms with E-state index in [2.05, 4.69) is 43.3 Å². The molecule has 18 heavy (non-hydrogen) atoms. The van der Waals surface area contributed by atoms with Crippen LogP contribution in [0.2, 0.25) is 0 Å². The Labute approximate surface area is 116 Å². The lowest BCUT2D eigenvalue weighted by Gasteiger charge is -2.24. The molecule has 1 aromatic heterocycles. The predicted molar refractivity (Wildman–Crippen MR) is 79.9 cm³/mol. The molecule has 0 aliphatic carbocycles. The smallest absolute Gasteiger partial charge is 0.107 e. The highest BCUT2D eigenvalue weighted by molar-refractivity contribution is 7.09. The number of nitrogens with one attached hydrogen (secondary N) is 1. The molecule has 0 saturated carbocycles. The van der Waals surface area contributed by atoms with E-state index in [4.69, 9.17) is 4.98 Å². The van der Waals surface area contributed by atoms with Gasteiger partial charge in [0.1, 0.15) is 5.01 Å². The summed E-state index contributed by atoms with van der Waals surface area (Å²) in [5, 5.41) is 6.81. The van der Waals surface area contributed by atoms with E-state index in [0.29, 0.717) is 6.04 Å². The largest absolute Gasteiger partial charge is 0.310 e. The molecule has 0 bridgehead atoms. The van der Waals surface area contributed by atoms with Gasteiger partial charge in [-0.3, -0.25) is 4.90 Å². The first-order valence-electron chi connectivity index (χ1n) is 7.05. The van der Waals surface area contributed by atoms with E-state index in [1.54, 1.807) is 11.3 Å². The van der Waals surface area contributed by atoms with Crippen LogP contribution in [0.1, 0.15) is 51.2 Å². The summed E-state index contributed by atoms with van der Waals surface area (Å²) >= 11 is 1.77. The van der Waals surface area contributed by atoms with E-state index < -0.39 is 0 Å². The number of nitrogens with zero attached hydrogens (tertiary/aromatic N) is 2. The van der Waals surface area contributed by atoms with Crippen LogP contribution in [0.5, 0.6) is 0 Å². The number of aromatic nitrogens is 1. The summed E-state index contributed by atoms with van der Waals surface area (Å²) in [6, 6.07) is 0.591. The minimum absolute atomic E-state index is 0.591. The number of rotatable bonds is 9. The van der Waals surface area contributed by atoms with E-state index in [0.717, 1.165) is 26.2 Å². The Bertz CT molecular complexity index is 323. The van der Waals surface area contributed by atoms with Gasteiger partial charge in [-0.2, -0.15) is 0 Å². The van der Waals surface area contributed by atoms with Crippen molar-refractivity contribution < 1.29 is 0 Å². The zero-order chi connectivity index (χ0) is 13.4. The molecule has 0 radical (unpaired) electrons. The van der Waals surface area contributed by atoms with Gasteiger partial charge in [0, 0.05) is 24.5 Å². The van der Waals surface area contributed by atoms with Gasteiger partial charge in [0.2, 0.25) is 0 Å². The molecule has 0 saturated heterocycles. The molecule has 1 heterocycles. The summed E-state index contributed by atoms with van der Waals surface area (Å²) in [5.74, 6) is 0. The Morgan fingerprint density at radius 2 is 2.11 bits per heavy atom. The van der Waals surface area contributed by atoms with E-state index in [1.807, 2.05) is 0 Å². The summed E-state index contributed by atoms with van der Waals surface area (Å²) in [6.45, 7) is 13.0. The minimum Gasteiger partial charge on any atom is -0.310 e. The van der Waals surface area contributed by atoms with Crippen LogP contribution in [0, 0.1) is 0 Å². The van der Waals surface area contributed by atoms with Crippen LogP contribution >= 0.6 is 11.3 Å². The van der Waals surface area contributed by atoms with E-state index in [1.165, 1.54) is 23.5 Å². The normalized spacial score (nSPS) is 11.7. The van der Waals surface area contributed by atoms with Gasteiger partial charge in [0.15, 0.2) is 0 Å². The molecule has 0 spiro atoms. The van der Waals surface area contributed by atoms with Crippen molar-refractivity contribution in [2.75, 3.05) is 13.1 Å². The fourth-order valence-electron chi connectivity index (χ4n) is 1.89. The van der Waals surface area contributed by atoms with Gasteiger partial charge in [0.05, 0.1) is 5.69 Å². The molecule has 0 aliphatic heterocycles. The highest BCUT2D eigenvalue weighted by Crippen LogP contribution is 2.13.